The first kappa shape index (κ1) is 17.8. The quantitative estimate of drug-likeness (QED) is 0.834. The highest BCUT2D eigenvalue weighted by Gasteiger charge is 2.31. The summed E-state index contributed by atoms with van der Waals surface area (Å²) in [6.45, 7) is 9.45. The number of carbonyl (C=O) groups is 1. The van der Waals surface area contributed by atoms with Crippen molar-refractivity contribution in [3.05, 3.63) is 20.8 Å². The van der Waals surface area contributed by atoms with Gasteiger partial charge in [0.25, 0.3) is 0 Å². The Labute approximate surface area is 145 Å². The number of amides is 1. The molecule has 4 nitrogen and oxygen atoms in total. The highest BCUT2D eigenvalue weighted by molar-refractivity contribution is 9.10. The molecule has 1 N–H and O–H groups in total. The van der Waals surface area contributed by atoms with Crippen LogP contribution in [0.25, 0.3) is 0 Å². The molecule has 1 aromatic heterocycles. The van der Waals surface area contributed by atoms with Gasteiger partial charge in [-0.2, -0.15) is 0 Å². The number of nitrogens with zero attached hydrogens (tertiary/aromatic N) is 1. The van der Waals surface area contributed by atoms with Crippen LogP contribution in [0.1, 0.15) is 45.4 Å². The first-order valence-corrected chi connectivity index (χ1v) is 9.38. The van der Waals surface area contributed by atoms with Crippen LogP contribution in [-0.4, -0.2) is 35.2 Å². The van der Waals surface area contributed by atoms with Crippen LogP contribution in [0, 0.1) is 0 Å². The summed E-state index contributed by atoms with van der Waals surface area (Å²) in [5.41, 5.74) is -0.432. The number of likely N-dealkylation sites (tertiary alicyclic amines) is 1. The molecule has 2 atom stereocenters. The van der Waals surface area contributed by atoms with Gasteiger partial charge in [-0.25, -0.2) is 4.79 Å². The summed E-state index contributed by atoms with van der Waals surface area (Å²) in [6, 6.07) is 2.81. The van der Waals surface area contributed by atoms with E-state index in [1.165, 1.54) is 4.88 Å². The molecule has 1 aromatic rings. The highest BCUT2D eigenvalue weighted by Crippen LogP contribution is 2.23. The third kappa shape index (κ3) is 5.25. The van der Waals surface area contributed by atoms with Crippen molar-refractivity contribution in [3.8, 4) is 0 Å². The molecule has 0 bridgehead atoms. The molecular formula is C16H25BrN2O2S. The average molecular weight is 389 g/mol. The molecule has 1 fully saturated rings. The second kappa shape index (κ2) is 7.32. The maximum Gasteiger partial charge on any atom is 0.410 e. The van der Waals surface area contributed by atoms with E-state index in [-0.39, 0.29) is 12.1 Å². The molecule has 6 heteroatoms. The SMILES string of the molecule is CC1CC(NCc2cc(Br)cs2)CCN1C(=O)OC(C)(C)C. The molecule has 1 amide bonds. The molecule has 0 saturated carbocycles. The number of halogens is 1. The van der Waals surface area contributed by atoms with E-state index in [9.17, 15) is 4.79 Å². The fourth-order valence-electron chi connectivity index (χ4n) is 2.64. The van der Waals surface area contributed by atoms with Crippen LogP contribution in [0.2, 0.25) is 0 Å². The lowest BCUT2D eigenvalue weighted by Gasteiger charge is -2.38. The molecular weight excluding hydrogens is 364 g/mol. The summed E-state index contributed by atoms with van der Waals surface area (Å²) in [7, 11) is 0. The molecule has 0 radical (unpaired) electrons. The number of thiophene rings is 1. The number of piperidine rings is 1. The summed E-state index contributed by atoms with van der Waals surface area (Å²) < 4.78 is 6.62. The van der Waals surface area contributed by atoms with E-state index in [4.69, 9.17) is 4.74 Å². The van der Waals surface area contributed by atoms with Gasteiger partial charge in [0.2, 0.25) is 0 Å². The smallest absolute Gasteiger partial charge is 0.410 e. The zero-order valence-electron chi connectivity index (χ0n) is 13.7. The van der Waals surface area contributed by atoms with Crippen molar-refractivity contribution in [3.63, 3.8) is 0 Å². The second-order valence-corrected chi connectivity index (χ2v) is 8.77. The first-order valence-electron chi connectivity index (χ1n) is 7.70. The summed E-state index contributed by atoms with van der Waals surface area (Å²) in [5, 5.41) is 5.70. The Balaban J connectivity index is 1.80. The topological polar surface area (TPSA) is 41.6 Å². The standard InChI is InChI=1S/C16H25BrN2O2S/c1-11-7-13(18-9-14-8-12(17)10-22-14)5-6-19(11)15(20)21-16(2,3)4/h8,10-11,13,18H,5-7,9H2,1-4H3. The van der Waals surface area contributed by atoms with Crippen LogP contribution in [0.5, 0.6) is 0 Å². The van der Waals surface area contributed by atoms with Crippen molar-refractivity contribution in [2.75, 3.05) is 6.54 Å². The fraction of sp³-hybridized carbons (Fsp3) is 0.688. The lowest BCUT2D eigenvalue weighted by Crippen LogP contribution is -2.50. The van der Waals surface area contributed by atoms with Gasteiger partial charge in [-0.05, 0) is 62.5 Å². The van der Waals surface area contributed by atoms with Gasteiger partial charge in [0.05, 0.1) is 0 Å². The van der Waals surface area contributed by atoms with Crippen molar-refractivity contribution in [1.29, 1.82) is 0 Å². The fourth-order valence-corrected chi connectivity index (χ4v) is 4.04. The zero-order chi connectivity index (χ0) is 16.3. The Kier molecular flexibility index (Phi) is 5.91. The Bertz CT molecular complexity index is 512. The van der Waals surface area contributed by atoms with Crippen LogP contribution in [0.3, 0.4) is 0 Å². The van der Waals surface area contributed by atoms with E-state index in [0.717, 1.165) is 30.4 Å². The number of carbonyl (C=O) groups excluding carboxylic acids is 1. The minimum absolute atomic E-state index is 0.194. The zero-order valence-corrected chi connectivity index (χ0v) is 16.1. The molecule has 2 unspecified atom stereocenters. The molecule has 0 spiro atoms. The van der Waals surface area contributed by atoms with E-state index in [1.807, 2.05) is 25.7 Å². The van der Waals surface area contributed by atoms with Crippen LogP contribution in [0.4, 0.5) is 4.79 Å². The maximum absolute atomic E-state index is 12.2. The number of rotatable bonds is 3. The van der Waals surface area contributed by atoms with Gasteiger partial charge >= 0.3 is 6.09 Å². The molecule has 1 aliphatic rings. The van der Waals surface area contributed by atoms with E-state index in [0.29, 0.717) is 6.04 Å². The van der Waals surface area contributed by atoms with Crippen LogP contribution in [0.15, 0.2) is 15.9 Å². The Hall–Kier alpha value is -0.590. The summed E-state index contributed by atoms with van der Waals surface area (Å²) >= 11 is 5.24. The van der Waals surface area contributed by atoms with E-state index in [2.05, 4.69) is 39.6 Å². The normalized spacial score (nSPS) is 22.7. The summed E-state index contributed by atoms with van der Waals surface area (Å²) in [6.07, 6.45) is 1.74. The minimum Gasteiger partial charge on any atom is -0.444 e. The number of ether oxygens (including phenoxy) is 1. The Morgan fingerprint density at radius 2 is 2.27 bits per heavy atom. The number of hydrogen-bond donors (Lipinski definition) is 1. The van der Waals surface area contributed by atoms with Crippen molar-refractivity contribution in [1.82, 2.24) is 10.2 Å². The predicted octanol–water partition coefficient (Wildman–Crippen LogP) is 4.39. The lowest BCUT2D eigenvalue weighted by molar-refractivity contribution is 0.00933. The molecule has 124 valence electrons. The predicted molar refractivity (Wildman–Crippen MR) is 94.3 cm³/mol. The van der Waals surface area contributed by atoms with Crippen LogP contribution >= 0.6 is 27.3 Å². The van der Waals surface area contributed by atoms with E-state index >= 15 is 0 Å². The molecule has 0 aliphatic carbocycles. The summed E-state index contributed by atoms with van der Waals surface area (Å²) in [4.78, 5) is 15.4. The van der Waals surface area contributed by atoms with Gasteiger partial charge < -0.3 is 15.0 Å². The number of hydrogen-bond acceptors (Lipinski definition) is 4. The Morgan fingerprint density at radius 1 is 1.55 bits per heavy atom. The van der Waals surface area contributed by atoms with Crippen LogP contribution < -0.4 is 5.32 Å². The third-order valence-corrected chi connectivity index (χ3v) is 5.39. The maximum atomic E-state index is 12.2. The highest BCUT2D eigenvalue weighted by atomic mass is 79.9. The average Bonchev–Trinajstić information content (AvgIpc) is 2.80. The third-order valence-electron chi connectivity index (χ3n) is 3.69. The van der Waals surface area contributed by atoms with E-state index in [1.54, 1.807) is 11.3 Å². The first-order chi connectivity index (χ1) is 10.2. The molecule has 2 rings (SSSR count). The van der Waals surface area contributed by atoms with Crippen molar-refractivity contribution >= 4 is 33.4 Å². The molecule has 0 aromatic carbocycles. The molecule has 2 heterocycles. The number of nitrogens with one attached hydrogen (secondary N) is 1. The van der Waals surface area contributed by atoms with Crippen molar-refractivity contribution < 1.29 is 9.53 Å². The molecule has 22 heavy (non-hydrogen) atoms. The summed E-state index contributed by atoms with van der Waals surface area (Å²) in [5.74, 6) is 0. The van der Waals surface area contributed by atoms with E-state index < -0.39 is 5.60 Å². The molecule has 1 aliphatic heterocycles. The van der Waals surface area contributed by atoms with Crippen LogP contribution in [-0.2, 0) is 11.3 Å². The van der Waals surface area contributed by atoms with Gasteiger partial charge in [-0.15, -0.1) is 11.3 Å². The van der Waals surface area contributed by atoms with Gasteiger partial charge in [0.15, 0.2) is 0 Å². The van der Waals surface area contributed by atoms with Gasteiger partial charge in [0.1, 0.15) is 5.60 Å². The van der Waals surface area contributed by atoms with Crippen molar-refractivity contribution in [2.24, 2.45) is 0 Å². The monoisotopic (exact) mass is 388 g/mol. The van der Waals surface area contributed by atoms with Crippen molar-refractivity contribution in [2.45, 2.75) is 64.8 Å². The van der Waals surface area contributed by atoms with Gasteiger partial charge in [0, 0.05) is 39.9 Å². The minimum atomic E-state index is -0.432. The Morgan fingerprint density at radius 3 is 2.82 bits per heavy atom. The van der Waals surface area contributed by atoms with Gasteiger partial charge in [-0.3, -0.25) is 0 Å². The molecule has 1 saturated heterocycles. The lowest BCUT2D eigenvalue weighted by atomic mass is 9.98. The van der Waals surface area contributed by atoms with Gasteiger partial charge in [-0.1, -0.05) is 0 Å². The second-order valence-electron chi connectivity index (χ2n) is 6.86. The largest absolute Gasteiger partial charge is 0.444 e.